The molecule has 0 saturated carbocycles. The van der Waals surface area contributed by atoms with Gasteiger partial charge in [-0.05, 0) is 19.1 Å². The van der Waals surface area contributed by atoms with Gasteiger partial charge in [-0.25, -0.2) is 0 Å². The summed E-state index contributed by atoms with van der Waals surface area (Å²) in [5, 5.41) is 17.8. The first-order chi connectivity index (χ1) is 9.29. The number of nitrogens with zero attached hydrogens (tertiary/aromatic N) is 6. The minimum atomic E-state index is 0.308. The molecule has 0 fully saturated rings. The molecule has 3 rings (SSSR count). The fraction of sp³-hybridized carbons (Fsp3) is 0.182. The van der Waals surface area contributed by atoms with Crippen LogP contribution in [0.5, 0.6) is 0 Å². The number of hydrogen-bond acceptors (Lipinski definition) is 7. The number of aryl methyl sites for hydroxylation is 1. The van der Waals surface area contributed by atoms with Gasteiger partial charge >= 0.3 is 0 Å². The van der Waals surface area contributed by atoms with Crippen molar-refractivity contribution in [2.24, 2.45) is 5.73 Å². The molecule has 0 bridgehead atoms. The molecule has 0 aromatic carbocycles. The standard InChI is InChI=1S/C11H11N7S/c1-7-14-16-11(19-7)18-10(9(5-12)15-17-18)8-3-2-4-13-6-8/h2-4,6H,5,12H2,1H3. The Labute approximate surface area is 113 Å². The van der Waals surface area contributed by atoms with E-state index in [1.807, 2.05) is 19.1 Å². The number of hydrogen-bond donors (Lipinski definition) is 1. The Bertz CT molecular complexity index is 688. The zero-order chi connectivity index (χ0) is 13.2. The molecular formula is C11H11N7S. The first-order valence-corrected chi connectivity index (χ1v) is 6.46. The number of nitrogens with two attached hydrogens (primary N) is 1. The molecule has 2 N–H and O–H groups in total. The Morgan fingerprint density at radius 1 is 1.32 bits per heavy atom. The molecule has 0 spiro atoms. The van der Waals surface area contributed by atoms with Gasteiger partial charge in [0.05, 0.1) is 0 Å². The smallest absolute Gasteiger partial charge is 0.234 e. The van der Waals surface area contributed by atoms with Gasteiger partial charge in [-0.15, -0.1) is 15.3 Å². The summed E-state index contributed by atoms with van der Waals surface area (Å²) in [6.45, 7) is 2.20. The van der Waals surface area contributed by atoms with Crippen molar-refractivity contribution in [2.45, 2.75) is 13.5 Å². The zero-order valence-corrected chi connectivity index (χ0v) is 11.0. The summed E-state index contributed by atoms with van der Waals surface area (Å²) in [5.41, 5.74) is 8.14. The topological polar surface area (TPSA) is 95.4 Å². The van der Waals surface area contributed by atoms with Crippen LogP contribution in [-0.2, 0) is 6.54 Å². The quantitative estimate of drug-likeness (QED) is 0.763. The van der Waals surface area contributed by atoms with Crippen molar-refractivity contribution in [3.8, 4) is 16.4 Å². The van der Waals surface area contributed by atoms with Crippen LogP contribution in [0.3, 0.4) is 0 Å². The van der Waals surface area contributed by atoms with Crippen molar-refractivity contribution in [2.75, 3.05) is 0 Å². The van der Waals surface area contributed by atoms with Crippen LogP contribution in [0.4, 0.5) is 0 Å². The van der Waals surface area contributed by atoms with Crippen molar-refractivity contribution >= 4 is 11.3 Å². The van der Waals surface area contributed by atoms with Gasteiger partial charge in [0, 0.05) is 24.5 Å². The Balaban J connectivity index is 2.19. The summed E-state index contributed by atoms with van der Waals surface area (Å²) in [7, 11) is 0. The molecule has 7 nitrogen and oxygen atoms in total. The predicted octanol–water partition coefficient (Wildman–Crippen LogP) is 0.948. The Hall–Kier alpha value is -2.19. The van der Waals surface area contributed by atoms with E-state index < -0.39 is 0 Å². The summed E-state index contributed by atoms with van der Waals surface area (Å²) in [6, 6.07) is 3.80. The number of aromatic nitrogens is 6. The largest absolute Gasteiger partial charge is 0.325 e. The Morgan fingerprint density at radius 2 is 2.21 bits per heavy atom. The van der Waals surface area contributed by atoms with E-state index in [1.54, 1.807) is 17.1 Å². The minimum absolute atomic E-state index is 0.308. The second-order valence-corrected chi connectivity index (χ2v) is 5.01. The lowest BCUT2D eigenvalue weighted by atomic mass is 10.1. The number of rotatable bonds is 3. The second-order valence-electron chi connectivity index (χ2n) is 3.85. The maximum absolute atomic E-state index is 5.72. The van der Waals surface area contributed by atoms with Crippen molar-refractivity contribution in [1.29, 1.82) is 0 Å². The van der Waals surface area contributed by atoms with Crippen molar-refractivity contribution in [3.63, 3.8) is 0 Å². The van der Waals surface area contributed by atoms with Crippen LogP contribution >= 0.6 is 11.3 Å². The highest BCUT2D eigenvalue weighted by Crippen LogP contribution is 2.25. The van der Waals surface area contributed by atoms with Crippen molar-refractivity contribution in [1.82, 2.24) is 30.2 Å². The molecule has 0 unspecified atom stereocenters. The Morgan fingerprint density at radius 3 is 2.84 bits per heavy atom. The van der Waals surface area contributed by atoms with Gasteiger partial charge < -0.3 is 5.73 Å². The molecule has 0 aliphatic rings. The summed E-state index contributed by atoms with van der Waals surface area (Å²) in [4.78, 5) is 4.11. The van der Waals surface area contributed by atoms with Crippen LogP contribution in [0.1, 0.15) is 10.7 Å². The van der Waals surface area contributed by atoms with E-state index in [2.05, 4.69) is 25.5 Å². The average molecular weight is 273 g/mol. The van der Waals surface area contributed by atoms with E-state index in [1.165, 1.54) is 11.3 Å². The van der Waals surface area contributed by atoms with Crippen LogP contribution in [-0.4, -0.2) is 30.2 Å². The summed E-state index contributed by atoms with van der Waals surface area (Å²) in [6.07, 6.45) is 3.47. The van der Waals surface area contributed by atoms with E-state index in [-0.39, 0.29) is 0 Å². The van der Waals surface area contributed by atoms with E-state index in [4.69, 9.17) is 5.73 Å². The third-order valence-corrected chi connectivity index (χ3v) is 3.38. The van der Waals surface area contributed by atoms with E-state index in [9.17, 15) is 0 Å². The van der Waals surface area contributed by atoms with Gasteiger partial charge in [0.15, 0.2) is 0 Å². The summed E-state index contributed by atoms with van der Waals surface area (Å²) < 4.78 is 1.66. The molecular weight excluding hydrogens is 262 g/mol. The van der Waals surface area contributed by atoms with E-state index >= 15 is 0 Å². The molecule has 3 aromatic rings. The maximum Gasteiger partial charge on any atom is 0.234 e. The second kappa shape index (κ2) is 4.82. The van der Waals surface area contributed by atoms with Gasteiger partial charge in [-0.3, -0.25) is 4.98 Å². The monoisotopic (exact) mass is 273 g/mol. The SMILES string of the molecule is Cc1nnc(-n2nnc(CN)c2-c2cccnc2)s1. The van der Waals surface area contributed by atoms with Gasteiger partial charge in [0.2, 0.25) is 5.13 Å². The lowest BCUT2D eigenvalue weighted by molar-refractivity contribution is 0.782. The summed E-state index contributed by atoms with van der Waals surface area (Å²) in [5.74, 6) is 0. The minimum Gasteiger partial charge on any atom is -0.325 e. The van der Waals surface area contributed by atoms with E-state index in [0.29, 0.717) is 17.4 Å². The third-order valence-electron chi connectivity index (χ3n) is 2.56. The van der Waals surface area contributed by atoms with Gasteiger partial charge in [0.25, 0.3) is 0 Å². The fourth-order valence-corrected chi connectivity index (χ4v) is 2.39. The van der Waals surface area contributed by atoms with Crippen LogP contribution in [0.15, 0.2) is 24.5 Å². The van der Waals surface area contributed by atoms with Crippen LogP contribution in [0.2, 0.25) is 0 Å². The van der Waals surface area contributed by atoms with Gasteiger partial charge in [0.1, 0.15) is 16.4 Å². The molecule has 0 atom stereocenters. The Kier molecular flexibility index (Phi) is 3.02. The molecule has 0 radical (unpaired) electrons. The average Bonchev–Trinajstić information content (AvgIpc) is 3.05. The molecule has 3 aromatic heterocycles. The highest BCUT2D eigenvalue weighted by atomic mass is 32.1. The van der Waals surface area contributed by atoms with Crippen LogP contribution in [0.25, 0.3) is 16.4 Å². The van der Waals surface area contributed by atoms with Gasteiger partial charge in [-0.2, -0.15) is 4.68 Å². The molecule has 0 aliphatic carbocycles. The molecule has 19 heavy (non-hydrogen) atoms. The van der Waals surface area contributed by atoms with Gasteiger partial charge in [-0.1, -0.05) is 16.6 Å². The van der Waals surface area contributed by atoms with E-state index in [0.717, 1.165) is 16.3 Å². The molecule has 0 saturated heterocycles. The normalized spacial score (nSPS) is 10.8. The first kappa shape index (κ1) is 11.9. The maximum atomic E-state index is 5.72. The third kappa shape index (κ3) is 2.11. The summed E-state index contributed by atoms with van der Waals surface area (Å²) >= 11 is 1.45. The lowest BCUT2D eigenvalue weighted by Crippen LogP contribution is -2.02. The first-order valence-electron chi connectivity index (χ1n) is 5.65. The lowest BCUT2D eigenvalue weighted by Gasteiger charge is -2.03. The molecule has 0 amide bonds. The highest BCUT2D eigenvalue weighted by molar-refractivity contribution is 7.13. The zero-order valence-electron chi connectivity index (χ0n) is 10.2. The fourth-order valence-electron chi connectivity index (χ4n) is 1.75. The van der Waals surface area contributed by atoms with Crippen LogP contribution in [0, 0.1) is 6.92 Å². The highest BCUT2D eigenvalue weighted by Gasteiger charge is 2.17. The molecule has 8 heteroatoms. The molecule has 3 heterocycles. The number of pyridine rings is 1. The van der Waals surface area contributed by atoms with Crippen LogP contribution < -0.4 is 5.73 Å². The molecule has 96 valence electrons. The van der Waals surface area contributed by atoms with Crippen molar-refractivity contribution in [3.05, 3.63) is 35.2 Å². The molecule has 0 aliphatic heterocycles. The predicted molar refractivity (Wildman–Crippen MR) is 70.7 cm³/mol. The van der Waals surface area contributed by atoms with Crippen molar-refractivity contribution < 1.29 is 0 Å².